The first-order valence-electron chi connectivity index (χ1n) is 8.03. The first kappa shape index (κ1) is 17.0. The smallest absolute Gasteiger partial charge is 0.257 e. The molecule has 1 unspecified atom stereocenters. The molecule has 2 heterocycles. The standard InChI is InChI=1S/C20H19N3OS/c1-13-6-4-5-7-17(13)15(3)23-11-14(2)18(10-21)19(23)22-20(24)16-8-9-25-12-16/h4-9,11-12,15H,1-3H3,(H,22,24). The van der Waals surface area contributed by atoms with Crippen LogP contribution in [-0.4, -0.2) is 10.5 Å². The molecule has 0 bridgehead atoms. The molecule has 0 fully saturated rings. The van der Waals surface area contributed by atoms with E-state index in [1.165, 1.54) is 16.9 Å². The highest BCUT2D eigenvalue weighted by Gasteiger charge is 2.21. The fourth-order valence-corrected chi connectivity index (χ4v) is 3.64. The Morgan fingerprint density at radius 2 is 2.00 bits per heavy atom. The molecular formula is C20H19N3OS. The van der Waals surface area contributed by atoms with E-state index in [0.29, 0.717) is 16.9 Å². The predicted molar refractivity (Wildman–Crippen MR) is 101 cm³/mol. The molecular weight excluding hydrogens is 330 g/mol. The van der Waals surface area contributed by atoms with Crippen molar-refractivity contribution >= 4 is 23.1 Å². The van der Waals surface area contributed by atoms with E-state index < -0.39 is 0 Å². The number of amides is 1. The number of aromatic nitrogens is 1. The largest absolute Gasteiger partial charge is 0.326 e. The van der Waals surface area contributed by atoms with Gasteiger partial charge in [0.1, 0.15) is 11.9 Å². The first-order chi connectivity index (χ1) is 12.0. The molecule has 5 heteroatoms. The van der Waals surface area contributed by atoms with Crippen LogP contribution in [0.2, 0.25) is 0 Å². The minimum atomic E-state index is -0.200. The lowest BCUT2D eigenvalue weighted by molar-refractivity contribution is 0.102. The third kappa shape index (κ3) is 3.21. The summed E-state index contributed by atoms with van der Waals surface area (Å²) < 4.78 is 1.97. The number of rotatable bonds is 4. The van der Waals surface area contributed by atoms with E-state index in [0.717, 1.165) is 11.1 Å². The molecule has 0 aliphatic rings. The number of anilines is 1. The molecule has 0 saturated carbocycles. The van der Waals surface area contributed by atoms with Crippen LogP contribution in [-0.2, 0) is 0 Å². The first-order valence-corrected chi connectivity index (χ1v) is 8.97. The van der Waals surface area contributed by atoms with E-state index in [2.05, 4.69) is 37.4 Å². The number of nitrogens with one attached hydrogen (secondary N) is 1. The highest BCUT2D eigenvalue weighted by molar-refractivity contribution is 7.08. The van der Waals surface area contributed by atoms with E-state index in [4.69, 9.17) is 0 Å². The van der Waals surface area contributed by atoms with E-state index in [1.807, 2.05) is 35.2 Å². The number of carbonyl (C=O) groups excluding carboxylic acids is 1. The molecule has 1 aromatic carbocycles. The Balaban J connectivity index is 2.04. The van der Waals surface area contributed by atoms with Gasteiger partial charge in [-0.05, 0) is 48.9 Å². The molecule has 2 aromatic heterocycles. The predicted octanol–water partition coefficient (Wildman–Crippen LogP) is 4.90. The van der Waals surface area contributed by atoms with Gasteiger partial charge in [-0.15, -0.1) is 0 Å². The number of aryl methyl sites for hydroxylation is 2. The van der Waals surface area contributed by atoms with Crippen molar-refractivity contribution in [2.75, 3.05) is 5.32 Å². The summed E-state index contributed by atoms with van der Waals surface area (Å²) in [5.41, 5.74) is 4.29. The Morgan fingerprint density at radius 1 is 1.24 bits per heavy atom. The van der Waals surface area contributed by atoms with Crippen molar-refractivity contribution < 1.29 is 4.79 Å². The van der Waals surface area contributed by atoms with Gasteiger partial charge in [-0.3, -0.25) is 4.79 Å². The molecule has 1 atom stereocenters. The zero-order valence-electron chi connectivity index (χ0n) is 14.4. The highest BCUT2D eigenvalue weighted by atomic mass is 32.1. The molecule has 0 spiro atoms. The average Bonchev–Trinajstić information content (AvgIpc) is 3.23. The molecule has 3 rings (SSSR count). The topological polar surface area (TPSA) is 57.8 Å². The number of hydrogen-bond acceptors (Lipinski definition) is 3. The third-order valence-electron chi connectivity index (χ3n) is 4.40. The van der Waals surface area contributed by atoms with Crippen molar-refractivity contribution in [3.05, 3.63) is 75.1 Å². The second-order valence-electron chi connectivity index (χ2n) is 6.05. The number of nitriles is 1. The number of nitrogens with zero attached hydrogens (tertiary/aromatic N) is 2. The molecule has 1 amide bonds. The third-order valence-corrected chi connectivity index (χ3v) is 5.09. The van der Waals surface area contributed by atoms with Crippen LogP contribution in [0.1, 0.15) is 45.6 Å². The van der Waals surface area contributed by atoms with Gasteiger partial charge in [-0.25, -0.2) is 0 Å². The summed E-state index contributed by atoms with van der Waals surface area (Å²) in [4.78, 5) is 12.5. The molecule has 1 N–H and O–H groups in total. The van der Waals surface area contributed by atoms with E-state index in [1.54, 1.807) is 11.4 Å². The lowest BCUT2D eigenvalue weighted by Crippen LogP contribution is -2.17. The maximum atomic E-state index is 12.5. The van der Waals surface area contributed by atoms with Crippen molar-refractivity contribution in [1.29, 1.82) is 5.26 Å². The summed E-state index contributed by atoms with van der Waals surface area (Å²) >= 11 is 1.47. The Kier molecular flexibility index (Phi) is 4.73. The second kappa shape index (κ2) is 6.96. The molecule has 0 radical (unpaired) electrons. The van der Waals surface area contributed by atoms with Crippen LogP contribution >= 0.6 is 11.3 Å². The van der Waals surface area contributed by atoms with Crippen LogP contribution in [0.4, 0.5) is 5.82 Å². The molecule has 4 nitrogen and oxygen atoms in total. The van der Waals surface area contributed by atoms with Crippen molar-refractivity contribution in [3.8, 4) is 6.07 Å². The summed E-state index contributed by atoms with van der Waals surface area (Å²) in [5.74, 6) is 0.348. The summed E-state index contributed by atoms with van der Waals surface area (Å²) in [7, 11) is 0. The van der Waals surface area contributed by atoms with Gasteiger partial charge in [0.05, 0.1) is 17.2 Å². The van der Waals surface area contributed by atoms with Gasteiger partial charge in [-0.1, -0.05) is 24.3 Å². The van der Waals surface area contributed by atoms with Crippen LogP contribution < -0.4 is 5.32 Å². The van der Waals surface area contributed by atoms with Crippen LogP contribution in [0.25, 0.3) is 0 Å². The van der Waals surface area contributed by atoms with Gasteiger partial charge in [0.15, 0.2) is 0 Å². The zero-order chi connectivity index (χ0) is 18.0. The molecule has 0 aliphatic heterocycles. The number of hydrogen-bond donors (Lipinski definition) is 1. The number of carbonyl (C=O) groups is 1. The van der Waals surface area contributed by atoms with Crippen molar-refractivity contribution in [2.24, 2.45) is 0 Å². The van der Waals surface area contributed by atoms with Gasteiger partial charge >= 0.3 is 0 Å². The molecule has 25 heavy (non-hydrogen) atoms. The molecule has 0 saturated heterocycles. The van der Waals surface area contributed by atoms with E-state index >= 15 is 0 Å². The summed E-state index contributed by atoms with van der Waals surface area (Å²) in [5, 5.41) is 16.1. The lowest BCUT2D eigenvalue weighted by atomic mass is 10.0. The SMILES string of the molecule is Cc1ccccc1C(C)n1cc(C)c(C#N)c1NC(=O)c1ccsc1. The van der Waals surface area contributed by atoms with Crippen molar-refractivity contribution in [1.82, 2.24) is 4.57 Å². The Hall–Kier alpha value is -2.84. The highest BCUT2D eigenvalue weighted by Crippen LogP contribution is 2.30. The van der Waals surface area contributed by atoms with E-state index in [-0.39, 0.29) is 11.9 Å². The fourth-order valence-electron chi connectivity index (χ4n) is 3.01. The Morgan fingerprint density at radius 3 is 2.64 bits per heavy atom. The van der Waals surface area contributed by atoms with E-state index in [9.17, 15) is 10.1 Å². The van der Waals surface area contributed by atoms with Crippen LogP contribution in [0.5, 0.6) is 0 Å². The summed E-state index contributed by atoms with van der Waals surface area (Å²) in [6.07, 6.45) is 1.93. The summed E-state index contributed by atoms with van der Waals surface area (Å²) in [6.45, 7) is 6.03. The van der Waals surface area contributed by atoms with Gasteiger partial charge in [0.25, 0.3) is 5.91 Å². The molecule has 3 aromatic rings. The quantitative estimate of drug-likeness (QED) is 0.728. The van der Waals surface area contributed by atoms with Crippen molar-refractivity contribution in [3.63, 3.8) is 0 Å². The number of thiophene rings is 1. The Bertz CT molecular complexity index is 948. The van der Waals surface area contributed by atoms with Gasteiger partial charge in [0.2, 0.25) is 0 Å². The molecule has 126 valence electrons. The Labute approximate surface area is 151 Å². The zero-order valence-corrected chi connectivity index (χ0v) is 15.2. The normalized spacial score (nSPS) is 11.8. The van der Waals surface area contributed by atoms with Gasteiger partial charge in [0, 0.05) is 11.6 Å². The summed E-state index contributed by atoms with van der Waals surface area (Å²) in [6, 6.07) is 12.1. The maximum Gasteiger partial charge on any atom is 0.257 e. The lowest BCUT2D eigenvalue weighted by Gasteiger charge is -2.20. The van der Waals surface area contributed by atoms with Crippen LogP contribution in [0.3, 0.4) is 0 Å². The fraction of sp³-hybridized carbons (Fsp3) is 0.200. The monoisotopic (exact) mass is 349 g/mol. The number of benzene rings is 1. The van der Waals surface area contributed by atoms with Crippen LogP contribution in [0, 0.1) is 25.2 Å². The second-order valence-corrected chi connectivity index (χ2v) is 6.83. The minimum absolute atomic E-state index is 0.000209. The molecule has 0 aliphatic carbocycles. The van der Waals surface area contributed by atoms with Crippen LogP contribution in [0.15, 0.2) is 47.3 Å². The maximum absolute atomic E-state index is 12.5. The minimum Gasteiger partial charge on any atom is -0.326 e. The average molecular weight is 349 g/mol. The van der Waals surface area contributed by atoms with Gasteiger partial charge < -0.3 is 9.88 Å². The van der Waals surface area contributed by atoms with Crippen molar-refractivity contribution in [2.45, 2.75) is 26.8 Å². The van der Waals surface area contributed by atoms with Gasteiger partial charge in [-0.2, -0.15) is 16.6 Å².